The summed E-state index contributed by atoms with van der Waals surface area (Å²) in [5.74, 6) is -0.0719. The highest BCUT2D eigenvalue weighted by atomic mass is 16.6. The summed E-state index contributed by atoms with van der Waals surface area (Å²) in [5.41, 5.74) is 1.33. The first kappa shape index (κ1) is 14.5. The van der Waals surface area contributed by atoms with Crippen molar-refractivity contribution in [3.63, 3.8) is 0 Å². The molecule has 6 heteroatoms. The number of phenolic OH excluding ortho intramolecular Hbond substituents is 1. The first-order chi connectivity index (χ1) is 10.1. The SMILES string of the molecule is O=C(NCCc1ccc(O)cc1)c1ccc([N+](=O)[O-])cc1. The van der Waals surface area contributed by atoms with E-state index in [4.69, 9.17) is 5.11 Å². The Kier molecular flexibility index (Phi) is 4.50. The number of aromatic hydroxyl groups is 1. The number of nitrogens with one attached hydrogen (secondary N) is 1. The largest absolute Gasteiger partial charge is 0.508 e. The number of hydrogen-bond acceptors (Lipinski definition) is 4. The van der Waals surface area contributed by atoms with Crippen LogP contribution in [0.3, 0.4) is 0 Å². The van der Waals surface area contributed by atoms with Crippen LogP contribution in [0.2, 0.25) is 0 Å². The molecule has 0 fully saturated rings. The first-order valence-corrected chi connectivity index (χ1v) is 6.37. The topological polar surface area (TPSA) is 92.5 Å². The van der Waals surface area contributed by atoms with Crippen molar-refractivity contribution >= 4 is 11.6 Å². The molecule has 0 saturated heterocycles. The fraction of sp³-hybridized carbons (Fsp3) is 0.133. The molecule has 2 aromatic carbocycles. The smallest absolute Gasteiger partial charge is 0.269 e. The second-order valence-corrected chi connectivity index (χ2v) is 4.48. The molecule has 0 aliphatic heterocycles. The number of carbonyl (C=O) groups excluding carboxylic acids is 1. The molecule has 21 heavy (non-hydrogen) atoms. The number of amides is 1. The van der Waals surface area contributed by atoms with E-state index in [-0.39, 0.29) is 17.3 Å². The maximum Gasteiger partial charge on any atom is 0.269 e. The van der Waals surface area contributed by atoms with Crippen molar-refractivity contribution in [1.29, 1.82) is 0 Å². The lowest BCUT2D eigenvalue weighted by molar-refractivity contribution is -0.384. The number of benzene rings is 2. The van der Waals surface area contributed by atoms with E-state index < -0.39 is 4.92 Å². The van der Waals surface area contributed by atoms with Gasteiger partial charge in [-0.3, -0.25) is 14.9 Å². The van der Waals surface area contributed by atoms with Crippen molar-refractivity contribution in [1.82, 2.24) is 5.32 Å². The van der Waals surface area contributed by atoms with Crippen LogP contribution in [0.1, 0.15) is 15.9 Å². The van der Waals surface area contributed by atoms with Crippen LogP contribution in [0.4, 0.5) is 5.69 Å². The summed E-state index contributed by atoms with van der Waals surface area (Å²) in [5, 5.41) is 22.4. The Bertz CT molecular complexity index is 636. The molecule has 108 valence electrons. The van der Waals surface area contributed by atoms with Crippen molar-refractivity contribution in [2.45, 2.75) is 6.42 Å². The van der Waals surface area contributed by atoms with Crippen LogP contribution in [0, 0.1) is 10.1 Å². The second-order valence-electron chi connectivity index (χ2n) is 4.48. The summed E-state index contributed by atoms with van der Waals surface area (Å²) in [6.45, 7) is 0.445. The number of nitrogens with zero attached hydrogens (tertiary/aromatic N) is 1. The van der Waals surface area contributed by atoms with Crippen LogP contribution in [0.5, 0.6) is 5.75 Å². The van der Waals surface area contributed by atoms with Gasteiger partial charge >= 0.3 is 0 Å². The van der Waals surface area contributed by atoms with Gasteiger partial charge in [0.1, 0.15) is 5.75 Å². The van der Waals surface area contributed by atoms with Crippen LogP contribution in [0.15, 0.2) is 48.5 Å². The Morgan fingerprint density at radius 3 is 2.29 bits per heavy atom. The minimum absolute atomic E-state index is 0.0457. The molecule has 0 unspecified atom stereocenters. The minimum atomic E-state index is -0.507. The molecule has 0 spiro atoms. The zero-order chi connectivity index (χ0) is 15.2. The van der Waals surface area contributed by atoms with Crippen molar-refractivity contribution in [3.8, 4) is 5.75 Å². The van der Waals surface area contributed by atoms with Crippen molar-refractivity contribution < 1.29 is 14.8 Å². The van der Waals surface area contributed by atoms with Gasteiger partial charge in [-0.05, 0) is 36.2 Å². The zero-order valence-electron chi connectivity index (χ0n) is 11.2. The minimum Gasteiger partial charge on any atom is -0.508 e. The molecule has 2 aromatic rings. The van der Waals surface area contributed by atoms with Crippen molar-refractivity contribution in [3.05, 3.63) is 69.8 Å². The Hall–Kier alpha value is -2.89. The Morgan fingerprint density at radius 1 is 1.10 bits per heavy atom. The van der Waals surface area contributed by atoms with E-state index in [1.54, 1.807) is 24.3 Å². The monoisotopic (exact) mass is 286 g/mol. The van der Waals surface area contributed by atoms with Crippen LogP contribution < -0.4 is 5.32 Å². The number of carbonyl (C=O) groups is 1. The fourth-order valence-electron chi connectivity index (χ4n) is 1.82. The third kappa shape index (κ3) is 4.04. The van der Waals surface area contributed by atoms with Crippen LogP contribution in [0.25, 0.3) is 0 Å². The summed E-state index contributed by atoms with van der Waals surface area (Å²) in [4.78, 5) is 21.9. The molecule has 2 rings (SSSR count). The number of rotatable bonds is 5. The van der Waals surface area contributed by atoms with E-state index in [1.165, 1.54) is 24.3 Å². The Balaban J connectivity index is 1.86. The van der Waals surface area contributed by atoms with Gasteiger partial charge in [-0.2, -0.15) is 0 Å². The van der Waals surface area contributed by atoms with Gasteiger partial charge in [0.2, 0.25) is 0 Å². The molecule has 0 heterocycles. The van der Waals surface area contributed by atoms with E-state index in [1.807, 2.05) is 0 Å². The van der Waals surface area contributed by atoms with Gasteiger partial charge in [0.05, 0.1) is 4.92 Å². The maximum absolute atomic E-state index is 11.8. The van der Waals surface area contributed by atoms with E-state index in [9.17, 15) is 14.9 Å². The van der Waals surface area contributed by atoms with Crippen LogP contribution >= 0.6 is 0 Å². The quantitative estimate of drug-likeness (QED) is 0.651. The summed E-state index contributed by atoms with van der Waals surface area (Å²) >= 11 is 0. The summed E-state index contributed by atoms with van der Waals surface area (Å²) in [6, 6.07) is 12.2. The van der Waals surface area contributed by atoms with Crippen molar-refractivity contribution in [2.24, 2.45) is 0 Å². The molecule has 0 radical (unpaired) electrons. The van der Waals surface area contributed by atoms with Gasteiger partial charge in [-0.15, -0.1) is 0 Å². The Labute approximate surface area is 121 Å². The molecule has 1 amide bonds. The van der Waals surface area contributed by atoms with E-state index in [0.29, 0.717) is 18.5 Å². The third-order valence-corrected chi connectivity index (χ3v) is 2.98. The molecular formula is C15H14N2O4. The number of nitro groups is 1. The summed E-state index contributed by atoms with van der Waals surface area (Å²) < 4.78 is 0. The lowest BCUT2D eigenvalue weighted by Crippen LogP contribution is -2.25. The second kappa shape index (κ2) is 6.51. The molecule has 0 aliphatic carbocycles. The van der Waals surface area contributed by atoms with Gasteiger partial charge in [-0.1, -0.05) is 12.1 Å². The lowest BCUT2D eigenvalue weighted by atomic mass is 10.1. The average Bonchev–Trinajstić information content (AvgIpc) is 2.49. The molecule has 0 aromatic heterocycles. The van der Waals surface area contributed by atoms with Crippen LogP contribution in [-0.2, 0) is 6.42 Å². The lowest BCUT2D eigenvalue weighted by Gasteiger charge is -2.05. The number of non-ortho nitro benzene ring substituents is 1. The van der Waals surface area contributed by atoms with Gasteiger partial charge in [0.25, 0.3) is 11.6 Å². The van der Waals surface area contributed by atoms with Gasteiger partial charge in [0.15, 0.2) is 0 Å². The molecule has 6 nitrogen and oxygen atoms in total. The highest BCUT2D eigenvalue weighted by Gasteiger charge is 2.08. The molecule has 2 N–H and O–H groups in total. The standard InChI is InChI=1S/C15H14N2O4/c18-14-7-1-11(2-8-14)9-10-16-15(19)12-3-5-13(6-4-12)17(20)21/h1-8,18H,9-10H2,(H,16,19). The fourth-order valence-corrected chi connectivity index (χ4v) is 1.82. The first-order valence-electron chi connectivity index (χ1n) is 6.37. The van der Waals surface area contributed by atoms with E-state index >= 15 is 0 Å². The maximum atomic E-state index is 11.8. The molecule has 0 bridgehead atoms. The Morgan fingerprint density at radius 2 is 1.71 bits per heavy atom. The predicted octanol–water partition coefficient (Wildman–Crippen LogP) is 2.27. The number of phenols is 1. The van der Waals surface area contributed by atoms with E-state index in [0.717, 1.165) is 5.56 Å². The number of hydrogen-bond donors (Lipinski definition) is 2. The molecule has 0 atom stereocenters. The van der Waals surface area contributed by atoms with Crippen LogP contribution in [-0.4, -0.2) is 22.5 Å². The summed E-state index contributed by atoms with van der Waals surface area (Å²) in [6.07, 6.45) is 0.638. The van der Waals surface area contributed by atoms with Gasteiger partial charge in [-0.25, -0.2) is 0 Å². The van der Waals surface area contributed by atoms with Crippen molar-refractivity contribution in [2.75, 3.05) is 6.54 Å². The highest BCUT2D eigenvalue weighted by Crippen LogP contribution is 2.12. The normalized spacial score (nSPS) is 10.1. The average molecular weight is 286 g/mol. The number of nitro benzene ring substituents is 1. The van der Waals surface area contributed by atoms with Gasteiger partial charge < -0.3 is 10.4 Å². The van der Waals surface area contributed by atoms with E-state index in [2.05, 4.69) is 5.32 Å². The molecule has 0 saturated carbocycles. The van der Waals surface area contributed by atoms with Gasteiger partial charge in [0, 0.05) is 24.2 Å². The molecular weight excluding hydrogens is 272 g/mol. The highest BCUT2D eigenvalue weighted by molar-refractivity contribution is 5.94. The molecule has 0 aliphatic rings. The zero-order valence-corrected chi connectivity index (χ0v) is 11.2. The summed E-state index contributed by atoms with van der Waals surface area (Å²) in [7, 11) is 0. The predicted molar refractivity (Wildman–Crippen MR) is 77.2 cm³/mol. The third-order valence-electron chi connectivity index (χ3n) is 2.98.